The maximum atomic E-state index is 11.2. The zero-order valence-corrected chi connectivity index (χ0v) is 10.9. The SMILES string of the molecule is COC(=O)c1coc(CNCCN(C)C2CC2)c1. The molecule has 0 atom stereocenters. The fourth-order valence-electron chi connectivity index (χ4n) is 1.86. The molecule has 1 aliphatic carbocycles. The first kappa shape index (κ1) is 13.1. The highest BCUT2D eigenvalue weighted by molar-refractivity contribution is 5.88. The van der Waals surface area contributed by atoms with Gasteiger partial charge in [0.05, 0.1) is 19.2 Å². The maximum Gasteiger partial charge on any atom is 0.341 e. The summed E-state index contributed by atoms with van der Waals surface area (Å²) < 4.78 is 9.89. The molecular weight excluding hydrogens is 232 g/mol. The number of furan rings is 1. The number of nitrogens with one attached hydrogen (secondary N) is 1. The summed E-state index contributed by atoms with van der Waals surface area (Å²) in [4.78, 5) is 13.6. The molecule has 0 saturated heterocycles. The molecule has 1 fully saturated rings. The lowest BCUT2D eigenvalue weighted by Gasteiger charge is -2.15. The molecule has 0 bridgehead atoms. The number of esters is 1. The van der Waals surface area contributed by atoms with Gasteiger partial charge in [0, 0.05) is 19.1 Å². The number of rotatable bonds is 7. The minimum absolute atomic E-state index is 0.363. The van der Waals surface area contributed by atoms with Gasteiger partial charge in [-0.3, -0.25) is 0 Å². The Hall–Kier alpha value is -1.33. The third kappa shape index (κ3) is 3.58. The molecule has 18 heavy (non-hydrogen) atoms. The second-order valence-corrected chi connectivity index (χ2v) is 4.68. The van der Waals surface area contributed by atoms with Gasteiger partial charge >= 0.3 is 5.97 Å². The van der Waals surface area contributed by atoms with E-state index in [9.17, 15) is 4.79 Å². The third-order valence-corrected chi connectivity index (χ3v) is 3.19. The quantitative estimate of drug-likeness (QED) is 0.584. The fraction of sp³-hybridized carbons (Fsp3) is 0.615. The van der Waals surface area contributed by atoms with Crippen molar-refractivity contribution in [3.63, 3.8) is 0 Å². The number of likely N-dealkylation sites (N-methyl/N-ethyl adjacent to an activating group) is 1. The van der Waals surface area contributed by atoms with E-state index in [1.54, 1.807) is 6.07 Å². The zero-order valence-electron chi connectivity index (χ0n) is 10.9. The summed E-state index contributed by atoms with van der Waals surface area (Å²) in [6.07, 6.45) is 4.09. The minimum atomic E-state index is -0.363. The van der Waals surface area contributed by atoms with E-state index in [1.165, 1.54) is 26.2 Å². The Morgan fingerprint density at radius 3 is 3.06 bits per heavy atom. The molecule has 1 N–H and O–H groups in total. The van der Waals surface area contributed by atoms with Crippen LogP contribution in [-0.2, 0) is 11.3 Å². The van der Waals surface area contributed by atoms with E-state index in [0.717, 1.165) is 24.9 Å². The lowest BCUT2D eigenvalue weighted by molar-refractivity contribution is 0.0600. The molecule has 1 aliphatic rings. The maximum absolute atomic E-state index is 11.2. The molecule has 5 nitrogen and oxygen atoms in total. The molecule has 0 unspecified atom stereocenters. The summed E-state index contributed by atoms with van der Waals surface area (Å²) in [5, 5.41) is 3.30. The van der Waals surface area contributed by atoms with Crippen molar-refractivity contribution < 1.29 is 13.9 Å². The average molecular weight is 252 g/mol. The standard InChI is InChI=1S/C13H20N2O3/c1-15(11-3-4-11)6-5-14-8-12-7-10(9-18-12)13(16)17-2/h7,9,11,14H,3-6,8H2,1-2H3. The predicted octanol–water partition coefficient (Wildman–Crippen LogP) is 1.25. The summed E-state index contributed by atoms with van der Waals surface area (Å²) in [6.45, 7) is 2.59. The molecule has 0 amide bonds. The number of ether oxygens (including phenoxy) is 1. The summed E-state index contributed by atoms with van der Waals surface area (Å²) in [5.74, 6) is 0.392. The van der Waals surface area contributed by atoms with Crippen molar-refractivity contribution in [1.82, 2.24) is 10.2 Å². The van der Waals surface area contributed by atoms with Crippen molar-refractivity contribution in [3.05, 3.63) is 23.7 Å². The Morgan fingerprint density at radius 1 is 1.61 bits per heavy atom. The normalized spacial score (nSPS) is 15.1. The number of hydrogen-bond acceptors (Lipinski definition) is 5. The highest BCUT2D eigenvalue weighted by Crippen LogP contribution is 2.24. The van der Waals surface area contributed by atoms with Gasteiger partial charge in [-0.05, 0) is 26.0 Å². The van der Waals surface area contributed by atoms with E-state index in [-0.39, 0.29) is 5.97 Å². The molecule has 2 rings (SSSR count). The monoisotopic (exact) mass is 252 g/mol. The Kier molecular flexibility index (Phi) is 4.38. The molecule has 1 saturated carbocycles. The Morgan fingerprint density at radius 2 is 2.39 bits per heavy atom. The van der Waals surface area contributed by atoms with Gasteiger partial charge in [0.15, 0.2) is 0 Å². The number of carbonyl (C=O) groups excluding carboxylic acids is 1. The van der Waals surface area contributed by atoms with E-state index in [2.05, 4.69) is 22.0 Å². The van der Waals surface area contributed by atoms with Gasteiger partial charge in [0.2, 0.25) is 0 Å². The zero-order chi connectivity index (χ0) is 13.0. The van der Waals surface area contributed by atoms with E-state index >= 15 is 0 Å². The van der Waals surface area contributed by atoms with E-state index in [4.69, 9.17) is 4.42 Å². The second-order valence-electron chi connectivity index (χ2n) is 4.68. The summed E-state index contributed by atoms with van der Waals surface area (Å²) in [5.41, 5.74) is 0.462. The summed E-state index contributed by atoms with van der Waals surface area (Å²) >= 11 is 0. The molecular formula is C13H20N2O3. The van der Waals surface area contributed by atoms with Gasteiger partial charge in [0.25, 0.3) is 0 Å². The van der Waals surface area contributed by atoms with Crippen molar-refractivity contribution in [1.29, 1.82) is 0 Å². The van der Waals surface area contributed by atoms with Gasteiger partial charge in [-0.1, -0.05) is 0 Å². The highest BCUT2D eigenvalue weighted by Gasteiger charge is 2.25. The second kappa shape index (κ2) is 6.02. The molecule has 5 heteroatoms. The molecule has 0 aromatic carbocycles. The van der Waals surface area contributed by atoms with Gasteiger partial charge < -0.3 is 19.4 Å². The lowest BCUT2D eigenvalue weighted by atomic mass is 10.3. The van der Waals surface area contributed by atoms with Crippen molar-refractivity contribution >= 4 is 5.97 Å². The Labute approximate surface area is 107 Å². The molecule has 0 radical (unpaired) electrons. The largest absolute Gasteiger partial charge is 0.467 e. The number of methoxy groups -OCH3 is 1. The Bertz CT molecular complexity index is 399. The van der Waals surface area contributed by atoms with Crippen LogP contribution >= 0.6 is 0 Å². The van der Waals surface area contributed by atoms with Gasteiger partial charge in [-0.15, -0.1) is 0 Å². The first-order valence-corrected chi connectivity index (χ1v) is 6.27. The van der Waals surface area contributed by atoms with Crippen LogP contribution in [0.5, 0.6) is 0 Å². The van der Waals surface area contributed by atoms with Crippen LogP contribution in [0.3, 0.4) is 0 Å². The van der Waals surface area contributed by atoms with Crippen LogP contribution in [0.2, 0.25) is 0 Å². The van der Waals surface area contributed by atoms with Crippen LogP contribution in [0.1, 0.15) is 29.0 Å². The first-order chi connectivity index (χ1) is 8.70. The molecule has 0 spiro atoms. The lowest BCUT2D eigenvalue weighted by Crippen LogP contribution is -2.30. The molecule has 1 aromatic heterocycles. The van der Waals surface area contributed by atoms with Crippen molar-refractivity contribution in [3.8, 4) is 0 Å². The van der Waals surface area contributed by atoms with Crippen molar-refractivity contribution in [2.24, 2.45) is 0 Å². The highest BCUT2D eigenvalue weighted by atomic mass is 16.5. The smallest absolute Gasteiger partial charge is 0.341 e. The average Bonchev–Trinajstić information content (AvgIpc) is 3.13. The predicted molar refractivity (Wildman–Crippen MR) is 67.4 cm³/mol. The molecule has 0 aliphatic heterocycles. The molecule has 1 heterocycles. The molecule has 1 aromatic rings. The van der Waals surface area contributed by atoms with Crippen LogP contribution in [0.4, 0.5) is 0 Å². The van der Waals surface area contributed by atoms with Crippen LogP contribution in [0.25, 0.3) is 0 Å². The Balaban J connectivity index is 1.66. The topological polar surface area (TPSA) is 54.7 Å². The van der Waals surface area contributed by atoms with Gasteiger partial charge in [0.1, 0.15) is 12.0 Å². The number of carbonyl (C=O) groups is 1. The fourth-order valence-corrected chi connectivity index (χ4v) is 1.86. The summed E-state index contributed by atoms with van der Waals surface area (Å²) in [7, 11) is 3.52. The number of hydrogen-bond donors (Lipinski definition) is 1. The van der Waals surface area contributed by atoms with Gasteiger partial charge in [-0.25, -0.2) is 4.79 Å². The van der Waals surface area contributed by atoms with E-state index < -0.39 is 0 Å². The first-order valence-electron chi connectivity index (χ1n) is 6.27. The van der Waals surface area contributed by atoms with Crippen LogP contribution in [0, 0.1) is 0 Å². The third-order valence-electron chi connectivity index (χ3n) is 3.19. The molecule has 100 valence electrons. The van der Waals surface area contributed by atoms with Crippen LogP contribution in [-0.4, -0.2) is 44.2 Å². The van der Waals surface area contributed by atoms with E-state index in [1.807, 2.05) is 0 Å². The van der Waals surface area contributed by atoms with E-state index in [0.29, 0.717) is 12.1 Å². The van der Waals surface area contributed by atoms with Crippen LogP contribution < -0.4 is 5.32 Å². The minimum Gasteiger partial charge on any atom is -0.467 e. The number of nitrogens with zero attached hydrogens (tertiary/aromatic N) is 1. The summed E-state index contributed by atoms with van der Waals surface area (Å²) in [6, 6.07) is 2.50. The van der Waals surface area contributed by atoms with Crippen LogP contribution in [0.15, 0.2) is 16.7 Å². The van der Waals surface area contributed by atoms with Crippen molar-refractivity contribution in [2.75, 3.05) is 27.2 Å². The van der Waals surface area contributed by atoms with Crippen molar-refractivity contribution in [2.45, 2.75) is 25.4 Å². The van der Waals surface area contributed by atoms with Gasteiger partial charge in [-0.2, -0.15) is 0 Å².